The highest BCUT2D eigenvalue weighted by atomic mass is 127. The van der Waals surface area contributed by atoms with Crippen LogP contribution in [0.3, 0.4) is 0 Å². The molecule has 88 valence electrons. The Labute approximate surface area is 115 Å². The average molecular weight is 340 g/mol. The largest absolute Gasteiger partial charge is 0.205 e. The molecule has 2 rings (SSSR count). The number of hydrogen-bond donors (Lipinski definition) is 0. The van der Waals surface area contributed by atoms with Crippen LogP contribution in [0.25, 0.3) is 11.1 Å². The molecule has 0 aromatic heterocycles. The predicted octanol–water partition coefficient (Wildman–Crippen LogP) is 5.02. The molecule has 0 heterocycles. The fourth-order valence-electron chi connectivity index (χ4n) is 2.30. The Morgan fingerprint density at radius 2 is 1.59 bits per heavy atom. The van der Waals surface area contributed by atoms with Crippen molar-refractivity contribution in [3.63, 3.8) is 0 Å². The molecule has 0 spiro atoms. The third-order valence-corrected chi connectivity index (χ3v) is 3.73. The molecule has 0 saturated heterocycles. The van der Waals surface area contributed by atoms with Crippen molar-refractivity contribution < 1.29 is 4.39 Å². The van der Waals surface area contributed by atoms with Crippen LogP contribution < -0.4 is 0 Å². The summed E-state index contributed by atoms with van der Waals surface area (Å²) in [5.41, 5.74) is 5.19. The van der Waals surface area contributed by atoms with Crippen LogP contribution in [0.4, 0.5) is 4.39 Å². The van der Waals surface area contributed by atoms with Crippen molar-refractivity contribution in [2.75, 3.05) is 0 Å². The summed E-state index contributed by atoms with van der Waals surface area (Å²) >= 11 is 2.03. The van der Waals surface area contributed by atoms with Crippen LogP contribution >= 0.6 is 22.6 Å². The van der Waals surface area contributed by atoms with Gasteiger partial charge in [0.25, 0.3) is 0 Å². The van der Waals surface area contributed by atoms with Gasteiger partial charge in [-0.2, -0.15) is 0 Å². The lowest BCUT2D eigenvalue weighted by Gasteiger charge is -2.13. The first-order valence-electron chi connectivity index (χ1n) is 5.53. The van der Waals surface area contributed by atoms with Crippen LogP contribution in [0.15, 0.2) is 30.3 Å². The van der Waals surface area contributed by atoms with Gasteiger partial charge in [-0.25, -0.2) is 4.39 Å². The van der Waals surface area contributed by atoms with Gasteiger partial charge in [0.2, 0.25) is 0 Å². The Bertz CT molecular complexity index is 550. The molecule has 0 aliphatic heterocycles. The van der Waals surface area contributed by atoms with Crippen molar-refractivity contribution in [2.24, 2.45) is 0 Å². The van der Waals surface area contributed by atoms with Crippen LogP contribution in [-0.2, 0) is 0 Å². The van der Waals surface area contributed by atoms with E-state index in [9.17, 15) is 4.39 Å². The summed E-state index contributed by atoms with van der Waals surface area (Å²) in [7, 11) is 0. The van der Waals surface area contributed by atoms with E-state index in [0.717, 1.165) is 16.7 Å². The Hall–Kier alpha value is -0.900. The zero-order valence-corrected chi connectivity index (χ0v) is 12.3. The summed E-state index contributed by atoms with van der Waals surface area (Å²) < 4.78 is 14.8. The number of benzene rings is 2. The number of rotatable bonds is 1. The lowest BCUT2D eigenvalue weighted by Crippen LogP contribution is -1.94. The minimum atomic E-state index is -0.122. The van der Waals surface area contributed by atoms with Gasteiger partial charge in [0.15, 0.2) is 0 Å². The number of aryl methyl sites for hydroxylation is 3. The maximum Gasteiger partial charge on any atom is 0.144 e. The summed E-state index contributed by atoms with van der Waals surface area (Å²) in [5.74, 6) is -0.122. The van der Waals surface area contributed by atoms with E-state index in [1.165, 1.54) is 5.56 Å². The van der Waals surface area contributed by atoms with Gasteiger partial charge in [0, 0.05) is 9.13 Å². The first-order valence-corrected chi connectivity index (χ1v) is 6.61. The summed E-state index contributed by atoms with van der Waals surface area (Å²) in [5, 5.41) is 0. The highest BCUT2D eigenvalue weighted by molar-refractivity contribution is 14.1. The molecule has 0 bridgehead atoms. The quantitative estimate of drug-likeness (QED) is 0.640. The fraction of sp³-hybridized carbons (Fsp3) is 0.200. The topological polar surface area (TPSA) is 0 Å². The van der Waals surface area contributed by atoms with Crippen LogP contribution in [0.1, 0.15) is 16.7 Å². The molecule has 0 aliphatic rings. The molecule has 2 aromatic rings. The van der Waals surface area contributed by atoms with Gasteiger partial charge < -0.3 is 0 Å². The molecule has 0 radical (unpaired) electrons. The summed E-state index contributed by atoms with van der Waals surface area (Å²) in [6.45, 7) is 6.14. The maximum absolute atomic E-state index is 14.1. The van der Waals surface area contributed by atoms with Gasteiger partial charge in [-0.3, -0.25) is 0 Å². The van der Waals surface area contributed by atoms with Crippen LogP contribution in [0, 0.1) is 30.2 Å². The Morgan fingerprint density at radius 1 is 1.00 bits per heavy atom. The smallest absolute Gasteiger partial charge is 0.144 e. The van der Waals surface area contributed by atoms with Crippen LogP contribution in [0.5, 0.6) is 0 Å². The number of halogens is 2. The molecule has 0 unspecified atom stereocenters. The van der Waals surface area contributed by atoms with Gasteiger partial charge in [-0.05, 0) is 66.1 Å². The van der Waals surface area contributed by atoms with E-state index in [-0.39, 0.29) is 5.82 Å². The predicted molar refractivity (Wildman–Crippen MR) is 78.8 cm³/mol. The molecule has 2 aromatic carbocycles. The second-order valence-corrected chi connectivity index (χ2v) is 5.54. The van der Waals surface area contributed by atoms with Gasteiger partial charge in [-0.15, -0.1) is 0 Å². The zero-order chi connectivity index (χ0) is 12.6. The van der Waals surface area contributed by atoms with E-state index >= 15 is 0 Å². The minimum Gasteiger partial charge on any atom is -0.205 e. The van der Waals surface area contributed by atoms with Crippen LogP contribution in [0.2, 0.25) is 0 Å². The average Bonchev–Trinajstić information content (AvgIpc) is 2.23. The second-order valence-electron chi connectivity index (χ2n) is 4.38. The molecule has 0 saturated carbocycles. The summed E-state index contributed by atoms with van der Waals surface area (Å²) in [6, 6.07) is 9.74. The third-order valence-electron chi connectivity index (χ3n) is 2.90. The normalized spacial score (nSPS) is 10.6. The van der Waals surface area contributed by atoms with E-state index in [2.05, 4.69) is 19.1 Å². The lowest BCUT2D eigenvalue weighted by atomic mass is 9.93. The van der Waals surface area contributed by atoms with E-state index in [1.807, 2.05) is 48.6 Å². The molecule has 2 heteroatoms. The van der Waals surface area contributed by atoms with Gasteiger partial charge >= 0.3 is 0 Å². The van der Waals surface area contributed by atoms with Crippen molar-refractivity contribution in [1.29, 1.82) is 0 Å². The maximum atomic E-state index is 14.1. The van der Waals surface area contributed by atoms with Gasteiger partial charge in [0.05, 0.1) is 0 Å². The molecule has 0 N–H and O–H groups in total. The van der Waals surface area contributed by atoms with E-state index in [0.29, 0.717) is 9.13 Å². The van der Waals surface area contributed by atoms with Crippen LogP contribution in [-0.4, -0.2) is 0 Å². The molecule has 0 atom stereocenters. The summed E-state index contributed by atoms with van der Waals surface area (Å²) in [6.07, 6.45) is 0. The van der Waals surface area contributed by atoms with Crippen molar-refractivity contribution in [3.8, 4) is 11.1 Å². The van der Waals surface area contributed by atoms with Crippen molar-refractivity contribution in [1.82, 2.24) is 0 Å². The minimum absolute atomic E-state index is 0.122. The highest BCUT2D eigenvalue weighted by Gasteiger charge is 2.12. The molecule has 0 fully saturated rings. The summed E-state index contributed by atoms with van der Waals surface area (Å²) in [4.78, 5) is 0. The van der Waals surface area contributed by atoms with Crippen molar-refractivity contribution in [3.05, 3.63) is 56.4 Å². The molecule has 0 amide bonds. The van der Waals surface area contributed by atoms with Gasteiger partial charge in [0.1, 0.15) is 5.82 Å². The Balaban J connectivity index is 2.73. The lowest BCUT2D eigenvalue weighted by molar-refractivity contribution is 0.623. The second kappa shape index (κ2) is 4.77. The zero-order valence-electron chi connectivity index (χ0n) is 10.1. The highest BCUT2D eigenvalue weighted by Crippen LogP contribution is 2.31. The number of hydrogen-bond acceptors (Lipinski definition) is 0. The van der Waals surface area contributed by atoms with E-state index in [1.54, 1.807) is 6.07 Å². The third kappa shape index (κ3) is 2.37. The monoisotopic (exact) mass is 340 g/mol. The van der Waals surface area contributed by atoms with Crippen molar-refractivity contribution >= 4 is 22.6 Å². The molecular weight excluding hydrogens is 326 g/mol. The first kappa shape index (κ1) is 12.6. The van der Waals surface area contributed by atoms with E-state index < -0.39 is 0 Å². The molecular formula is C15H14FI. The first-order chi connectivity index (χ1) is 8.00. The standard InChI is InChI=1S/C15H14FI/c1-9-7-10(2)14(11(3)8-9)12-5-4-6-13(17)15(12)16/h4-8H,1-3H3. The molecule has 17 heavy (non-hydrogen) atoms. The SMILES string of the molecule is Cc1cc(C)c(-c2cccc(I)c2F)c(C)c1. The molecule has 0 nitrogen and oxygen atoms in total. The Kier molecular flexibility index (Phi) is 3.52. The fourth-order valence-corrected chi connectivity index (χ4v) is 2.80. The Morgan fingerprint density at radius 3 is 2.18 bits per heavy atom. The van der Waals surface area contributed by atoms with Gasteiger partial charge in [-0.1, -0.05) is 29.8 Å². The van der Waals surface area contributed by atoms with Crippen molar-refractivity contribution in [2.45, 2.75) is 20.8 Å². The molecule has 0 aliphatic carbocycles. The van der Waals surface area contributed by atoms with E-state index in [4.69, 9.17) is 0 Å².